The highest BCUT2D eigenvalue weighted by atomic mass is 16.5. The van der Waals surface area contributed by atoms with Crippen molar-refractivity contribution in [2.24, 2.45) is 5.92 Å². The van der Waals surface area contributed by atoms with Crippen LogP contribution in [-0.4, -0.2) is 30.0 Å². The summed E-state index contributed by atoms with van der Waals surface area (Å²) >= 11 is 0. The van der Waals surface area contributed by atoms with Gasteiger partial charge in [0.15, 0.2) is 0 Å². The summed E-state index contributed by atoms with van der Waals surface area (Å²) in [6, 6.07) is 16.1. The molecule has 4 nitrogen and oxygen atoms in total. The lowest BCUT2D eigenvalue weighted by molar-refractivity contribution is -0.0954. The van der Waals surface area contributed by atoms with E-state index in [0.29, 0.717) is 32.2 Å². The van der Waals surface area contributed by atoms with Crippen LogP contribution in [0.3, 0.4) is 0 Å². The Morgan fingerprint density at radius 2 is 1.85 bits per heavy atom. The summed E-state index contributed by atoms with van der Waals surface area (Å²) in [7, 11) is 0. The summed E-state index contributed by atoms with van der Waals surface area (Å²) in [6.45, 7) is 6.63. The molecule has 4 heteroatoms. The normalized spacial score (nSPS) is 22.5. The lowest BCUT2D eigenvalue weighted by Gasteiger charge is -2.40. The Balaban J connectivity index is 1.62. The zero-order valence-electron chi connectivity index (χ0n) is 15.4. The van der Waals surface area contributed by atoms with Crippen molar-refractivity contribution in [2.45, 2.75) is 39.3 Å². The van der Waals surface area contributed by atoms with Crippen molar-refractivity contribution in [3.05, 3.63) is 70.8 Å². The Bertz CT molecular complexity index is 787. The molecule has 0 spiro atoms. The van der Waals surface area contributed by atoms with Gasteiger partial charge in [-0.2, -0.15) is 0 Å². The van der Waals surface area contributed by atoms with Crippen LogP contribution in [0.15, 0.2) is 48.5 Å². The smallest absolute Gasteiger partial charge is 0.254 e. The first kappa shape index (κ1) is 17.3. The van der Waals surface area contributed by atoms with Crippen LogP contribution in [-0.2, 0) is 22.7 Å². The Morgan fingerprint density at radius 3 is 2.62 bits per heavy atom. The van der Waals surface area contributed by atoms with Crippen LogP contribution in [0.25, 0.3) is 0 Å². The Kier molecular flexibility index (Phi) is 4.79. The molecule has 0 unspecified atom stereocenters. The summed E-state index contributed by atoms with van der Waals surface area (Å²) < 4.78 is 11.9. The summed E-state index contributed by atoms with van der Waals surface area (Å²) in [4.78, 5) is 15.3. The third-order valence-electron chi connectivity index (χ3n) is 5.34. The lowest BCUT2D eigenvalue weighted by Crippen LogP contribution is -2.48. The van der Waals surface area contributed by atoms with Gasteiger partial charge in [0.05, 0.1) is 25.9 Å². The first-order valence-corrected chi connectivity index (χ1v) is 9.31. The zero-order valence-corrected chi connectivity index (χ0v) is 15.4. The Hall–Kier alpha value is -2.17. The molecule has 2 heterocycles. The molecule has 0 bridgehead atoms. The second kappa shape index (κ2) is 7.22. The molecule has 2 aliphatic heterocycles. The van der Waals surface area contributed by atoms with Crippen molar-refractivity contribution in [3.63, 3.8) is 0 Å². The maximum atomic E-state index is 13.3. The minimum Gasteiger partial charge on any atom is -0.372 e. The van der Waals surface area contributed by atoms with E-state index in [9.17, 15) is 4.79 Å². The van der Waals surface area contributed by atoms with Gasteiger partial charge in [-0.15, -0.1) is 0 Å². The second-order valence-corrected chi connectivity index (χ2v) is 7.46. The van der Waals surface area contributed by atoms with Gasteiger partial charge in [0.2, 0.25) is 0 Å². The summed E-state index contributed by atoms with van der Waals surface area (Å²) in [5.41, 5.74) is 4.07. The third kappa shape index (κ3) is 3.27. The molecule has 2 aromatic rings. The molecule has 136 valence electrons. The van der Waals surface area contributed by atoms with Crippen LogP contribution in [0.4, 0.5) is 0 Å². The van der Waals surface area contributed by atoms with Gasteiger partial charge < -0.3 is 14.4 Å². The predicted octanol–water partition coefficient (Wildman–Crippen LogP) is 3.96. The molecule has 2 aromatic carbocycles. The molecule has 1 fully saturated rings. The zero-order chi connectivity index (χ0) is 18.1. The standard InChI is InChI=1S/C22H25NO3/c1-15(2)20-11-23(12-21(26-20)16-7-4-3-5-8-16)22(24)18-10-6-9-17-13-25-14-19(17)18/h3-10,15,20-21H,11-14H2,1-2H3/t20-,21+/m1/s1. The fourth-order valence-corrected chi connectivity index (χ4v) is 3.75. The van der Waals surface area contributed by atoms with Crippen LogP contribution in [0.2, 0.25) is 0 Å². The van der Waals surface area contributed by atoms with E-state index in [0.717, 1.165) is 22.3 Å². The first-order valence-electron chi connectivity index (χ1n) is 9.31. The summed E-state index contributed by atoms with van der Waals surface area (Å²) in [5, 5.41) is 0. The van der Waals surface area contributed by atoms with E-state index in [4.69, 9.17) is 9.47 Å². The number of carbonyl (C=O) groups excluding carboxylic acids is 1. The molecule has 1 amide bonds. The number of nitrogens with zero attached hydrogens (tertiary/aromatic N) is 1. The molecule has 26 heavy (non-hydrogen) atoms. The number of fused-ring (bicyclic) bond motifs is 1. The number of morpholine rings is 1. The minimum atomic E-state index is -0.0886. The van der Waals surface area contributed by atoms with Gasteiger partial charge in [-0.1, -0.05) is 56.3 Å². The second-order valence-electron chi connectivity index (χ2n) is 7.46. The number of carbonyl (C=O) groups is 1. The highest BCUT2D eigenvalue weighted by molar-refractivity contribution is 5.96. The van der Waals surface area contributed by atoms with Gasteiger partial charge in [-0.05, 0) is 28.7 Å². The van der Waals surface area contributed by atoms with E-state index in [1.54, 1.807) is 0 Å². The number of benzene rings is 2. The van der Waals surface area contributed by atoms with Crippen LogP contribution in [0.5, 0.6) is 0 Å². The fourth-order valence-electron chi connectivity index (χ4n) is 3.75. The van der Waals surface area contributed by atoms with Gasteiger partial charge in [-0.3, -0.25) is 4.79 Å². The quantitative estimate of drug-likeness (QED) is 0.840. The molecule has 2 aliphatic rings. The highest BCUT2D eigenvalue weighted by Crippen LogP contribution is 2.31. The highest BCUT2D eigenvalue weighted by Gasteiger charge is 2.34. The van der Waals surface area contributed by atoms with Crippen molar-refractivity contribution in [2.75, 3.05) is 13.1 Å². The van der Waals surface area contributed by atoms with Gasteiger partial charge in [0.1, 0.15) is 6.10 Å². The average Bonchev–Trinajstić information content (AvgIpc) is 3.16. The van der Waals surface area contributed by atoms with E-state index in [1.165, 1.54) is 0 Å². The van der Waals surface area contributed by atoms with Crippen molar-refractivity contribution >= 4 is 5.91 Å². The molecule has 0 radical (unpaired) electrons. The van der Waals surface area contributed by atoms with Gasteiger partial charge in [0, 0.05) is 12.1 Å². The molecule has 0 aromatic heterocycles. The van der Waals surface area contributed by atoms with Crippen LogP contribution in [0.1, 0.15) is 47.0 Å². The van der Waals surface area contributed by atoms with Crippen molar-refractivity contribution in [1.29, 1.82) is 0 Å². The van der Waals surface area contributed by atoms with E-state index >= 15 is 0 Å². The molecule has 0 aliphatic carbocycles. The van der Waals surface area contributed by atoms with E-state index in [1.807, 2.05) is 41.3 Å². The fraction of sp³-hybridized carbons (Fsp3) is 0.409. The number of hydrogen-bond donors (Lipinski definition) is 0. The summed E-state index contributed by atoms with van der Waals surface area (Å²) in [6.07, 6.45) is -0.0553. The van der Waals surface area contributed by atoms with Crippen LogP contribution < -0.4 is 0 Å². The molecular formula is C22H25NO3. The monoisotopic (exact) mass is 351 g/mol. The van der Waals surface area contributed by atoms with Gasteiger partial charge >= 0.3 is 0 Å². The van der Waals surface area contributed by atoms with Crippen molar-refractivity contribution in [1.82, 2.24) is 4.90 Å². The number of ether oxygens (including phenoxy) is 2. The number of rotatable bonds is 3. The predicted molar refractivity (Wildman–Crippen MR) is 99.7 cm³/mol. The maximum Gasteiger partial charge on any atom is 0.254 e. The minimum absolute atomic E-state index is 0.0333. The van der Waals surface area contributed by atoms with Crippen molar-refractivity contribution < 1.29 is 14.3 Å². The molecule has 4 rings (SSSR count). The number of hydrogen-bond acceptors (Lipinski definition) is 3. The average molecular weight is 351 g/mol. The molecule has 2 atom stereocenters. The van der Waals surface area contributed by atoms with Gasteiger partial charge in [0.25, 0.3) is 5.91 Å². The Labute approximate surface area is 154 Å². The molecule has 0 N–H and O–H groups in total. The molecular weight excluding hydrogens is 326 g/mol. The molecule has 1 saturated heterocycles. The van der Waals surface area contributed by atoms with Crippen LogP contribution in [0, 0.1) is 5.92 Å². The first-order chi connectivity index (χ1) is 12.6. The van der Waals surface area contributed by atoms with Crippen molar-refractivity contribution in [3.8, 4) is 0 Å². The Morgan fingerprint density at radius 1 is 1.04 bits per heavy atom. The van der Waals surface area contributed by atoms with E-state index in [-0.39, 0.29) is 18.1 Å². The van der Waals surface area contributed by atoms with Crippen LogP contribution >= 0.6 is 0 Å². The SMILES string of the molecule is CC(C)[C@H]1CN(C(=O)c2cccc3c2COC3)C[C@@H](c2ccccc2)O1. The largest absolute Gasteiger partial charge is 0.372 e. The third-order valence-corrected chi connectivity index (χ3v) is 5.34. The topological polar surface area (TPSA) is 38.8 Å². The maximum absolute atomic E-state index is 13.3. The number of amides is 1. The van der Waals surface area contributed by atoms with Gasteiger partial charge in [-0.25, -0.2) is 0 Å². The van der Waals surface area contributed by atoms with E-state index in [2.05, 4.69) is 26.0 Å². The van der Waals surface area contributed by atoms with E-state index < -0.39 is 0 Å². The summed E-state index contributed by atoms with van der Waals surface area (Å²) in [5.74, 6) is 0.434. The lowest BCUT2D eigenvalue weighted by atomic mass is 9.98. The molecule has 0 saturated carbocycles.